The zero-order valence-corrected chi connectivity index (χ0v) is 15.0. The van der Waals surface area contributed by atoms with Crippen molar-refractivity contribution in [2.45, 2.75) is 38.6 Å². The van der Waals surface area contributed by atoms with Gasteiger partial charge < -0.3 is 16.4 Å². The number of hydrogen-bond acceptors (Lipinski definition) is 3. The lowest BCUT2D eigenvalue weighted by Gasteiger charge is -2.26. The fourth-order valence-corrected chi connectivity index (χ4v) is 3.37. The molecule has 0 spiro atoms. The molecular weight excluding hydrogens is 326 g/mol. The van der Waals surface area contributed by atoms with Gasteiger partial charge in [-0.15, -0.1) is 0 Å². The zero-order chi connectivity index (χ0) is 18.5. The van der Waals surface area contributed by atoms with E-state index in [1.54, 1.807) is 24.3 Å². The predicted molar refractivity (Wildman–Crippen MR) is 103 cm³/mol. The minimum atomic E-state index is -0.162. The van der Waals surface area contributed by atoms with Crippen LogP contribution < -0.4 is 16.4 Å². The van der Waals surface area contributed by atoms with Gasteiger partial charge in [0, 0.05) is 23.4 Å². The number of nitrogen functional groups attached to an aromatic ring is 1. The smallest absolute Gasteiger partial charge is 0.251 e. The van der Waals surface area contributed by atoms with Gasteiger partial charge in [-0.25, -0.2) is 0 Å². The Bertz CT molecular complexity index is 817. The lowest BCUT2D eigenvalue weighted by atomic mass is 9.87. The minimum Gasteiger partial charge on any atom is -0.399 e. The summed E-state index contributed by atoms with van der Waals surface area (Å²) < 4.78 is 0. The van der Waals surface area contributed by atoms with Gasteiger partial charge in [-0.1, -0.05) is 19.1 Å². The van der Waals surface area contributed by atoms with Crippen LogP contribution in [0.5, 0.6) is 0 Å². The van der Waals surface area contributed by atoms with Gasteiger partial charge in [-0.05, 0) is 67.1 Å². The summed E-state index contributed by atoms with van der Waals surface area (Å²) in [5, 5.41) is 5.94. The molecule has 2 aromatic carbocycles. The van der Waals surface area contributed by atoms with E-state index in [1.165, 1.54) is 5.56 Å². The third-order valence-corrected chi connectivity index (χ3v) is 4.71. The maximum Gasteiger partial charge on any atom is 0.251 e. The minimum absolute atomic E-state index is 0.0237. The van der Waals surface area contributed by atoms with Crippen molar-refractivity contribution < 1.29 is 9.59 Å². The van der Waals surface area contributed by atoms with E-state index in [-0.39, 0.29) is 17.9 Å². The molecule has 5 nitrogen and oxygen atoms in total. The van der Waals surface area contributed by atoms with Crippen molar-refractivity contribution in [3.05, 3.63) is 64.7 Å². The number of nitrogens with two attached hydrogens (primary N) is 1. The molecule has 0 aromatic heterocycles. The molecule has 3 rings (SSSR count). The van der Waals surface area contributed by atoms with Crippen LogP contribution in [0.3, 0.4) is 0 Å². The average molecular weight is 351 g/mol. The molecule has 26 heavy (non-hydrogen) atoms. The van der Waals surface area contributed by atoms with Gasteiger partial charge in [-0.3, -0.25) is 9.59 Å². The molecule has 0 fully saturated rings. The second-order valence-corrected chi connectivity index (χ2v) is 6.71. The molecular formula is C21H25N3O2. The normalized spacial score (nSPS) is 15.8. The quantitative estimate of drug-likeness (QED) is 0.723. The Balaban J connectivity index is 1.74. The first kappa shape index (κ1) is 18.0. The molecule has 2 amide bonds. The number of nitrogens with one attached hydrogen (secondary N) is 2. The highest BCUT2D eigenvalue weighted by Crippen LogP contribution is 2.31. The fourth-order valence-electron chi connectivity index (χ4n) is 3.37. The Morgan fingerprint density at radius 1 is 1.12 bits per heavy atom. The number of rotatable bonds is 5. The number of carbonyl (C=O) groups excluding carboxylic acids is 2. The van der Waals surface area contributed by atoms with E-state index in [1.807, 2.05) is 25.1 Å². The van der Waals surface area contributed by atoms with Gasteiger partial charge in [0.2, 0.25) is 0 Å². The van der Waals surface area contributed by atoms with Gasteiger partial charge in [0.1, 0.15) is 0 Å². The van der Waals surface area contributed by atoms with E-state index >= 15 is 0 Å². The van der Waals surface area contributed by atoms with Crippen molar-refractivity contribution in [3.63, 3.8) is 0 Å². The molecule has 1 aliphatic rings. The van der Waals surface area contributed by atoms with E-state index in [9.17, 15) is 9.59 Å². The molecule has 5 heteroatoms. The van der Waals surface area contributed by atoms with Crippen molar-refractivity contribution in [1.82, 2.24) is 10.6 Å². The number of carbonyl (C=O) groups is 2. The van der Waals surface area contributed by atoms with Crippen molar-refractivity contribution in [2.24, 2.45) is 0 Å². The summed E-state index contributed by atoms with van der Waals surface area (Å²) in [7, 11) is 0. The Morgan fingerprint density at radius 3 is 2.65 bits per heavy atom. The summed E-state index contributed by atoms with van der Waals surface area (Å²) in [6, 6.07) is 12.7. The Labute approximate surface area is 154 Å². The summed E-state index contributed by atoms with van der Waals surface area (Å²) in [6.45, 7) is 2.62. The summed E-state index contributed by atoms with van der Waals surface area (Å²) in [4.78, 5) is 24.8. The Morgan fingerprint density at radius 2 is 1.88 bits per heavy atom. The van der Waals surface area contributed by atoms with Gasteiger partial charge in [0.15, 0.2) is 0 Å². The lowest BCUT2D eigenvalue weighted by Crippen LogP contribution is -2.31. The molecule has 2 aromatic rings. The first-order chi connectivity index (χ1) is 12.6. The highest BCUT2D eigenvalue weighted by Gasteiger charge is 2.22. The van der Waals surface area contributed by atoms with E-state index in [4.69, 9.17) is 5.73 Å². The van der Waals surface area contributed by atoms with Crippen LogP contribution in [0.25, 0.3) is 0 Å². The Hall–Kier alpha value is -2.82. The molecule has 4 N–H and O–H groups in total. The molecule has 0 saturated heterocycles. The van der Waals surface area contributed by atoms with Gasteiger partial charge >= 0.3 is 0 Å². The largest absolute Gasteiger partial charge is 0.399 e. The van der Waals surface area contributed by atoms with Crippen LogP contribution in [0, 0.1) is 0 Å². The van der Waals surface area contributed by atoms with Gasteiger partial charge in [-0.2, -0.15) is 0 Å². The van der Waals surface area contributed by atoms with Crippen LogP contribution >= 0.6 is 0 Å². The number of fused-ring (bicyclic) bond motifs is 1. The summed E-state index contributed by atoms with van der Waals surface area (Å²) >= 11 is 0. The first-order valence-electron chi connectivity index (χ1n) is 9.16. The standard InChI is InChI=1S/C21H25N3O2/c1-2-11-23-20(25)15-6-3-7-16(12-15)21(26)24-19-8-4-5-14-13-17(22)9-10-18(14)19/h3,6-7,9-10,12-13,19H,2,4-5,8,11,22H2,1H3,(H,23,25)(H,24,26). The second kappa shape index (κ2) is 8.04. The second-order valence-electron chi connectivity index (χ2n) is 6.71. The monoisotopic (exact) mass is 351 g/mol. The van der Waals surface area contributed by atoms with E-state index in [0.29, 0.717) is 17.7 Å². The number of amides is 2. The summed E-state index contributed by atoms with van der Waals surface area (Å²) in [6.07, 6.45) is 3.78. The molecule has 1 atom stereocenters. The van der Waals surface area contributed by atoms with Crippen molar-refractivity contribution in [3.8, 4) is 0 Å². The summed E-state index contributed by atoms with van der Waals surface area (Å²) in [5.41, 5.74) is 9.96. The number of anilines is 1. The topological polar surface area (TPSA) is 84.2 Å². The molecule has 1 aliphatic carbocycles. The predicted octanol–water partition coefficient (Wildman–Crippen LogP) is 3.22. The molecule has 0 saturated carbocycles. The van der Waals surface area contributed by atoms with Crippen molar-refractivity contribution in [1.29, 1.82) is 0 Å². The van der Waals surface area contributed by atoms with Crippen LogP contribution in [0.1, 0.15) is 64.1 Å². The molecule has 1 unspecified atom stereocenters. The van der Waals surface area contributed by atoms with Crippen LogP contribution in [-0.4, -0.2) is 18.4 Å². The lowest BCUT2D eigenvalue weighted by molar-refractivity contribution is 0.0932. The van der Waals surface area contributed by atoms with E-state index < -0.39 is 0 Å². The first-order valence-corrected chi connectivity index (χ1v) is 9.16. The van der Waals surface area contributed by atoms with Crippen LogP contribution in [0.2, 0.25) is 0 Å². The number of aryl methyl sites for hydroxylation is 1. The molecule has 0 bridgehead atoms. The number of hydrogen-bond donors (Lipinski definition) is 3. The maximum atomic E-state index is 12.7. The zero-order valence-electron chi connectivity index (χ0n) is 15.0. The van der Waals surface area contributed by atoms with Crippen LogP contribution in [0.4, 0.5) is 5.69 Å². The third-order valence-electron chi connectivity index (χ3n) is 4.71. The molecule has 0 radical (unpaired) electrons. The van der Waals surface area contributed by atoms with E-state index in [0.717, 1.165) is 36.9 Å². The van der Waals surface area contributed by atoms with Gasteiger partial charge in [0.05, 0.1) is 6.04 Å². The molecule has 0 aliphatic heterocycles. The molecule has 136 valence electrons. The number of benzene rings is 2. The van der Waals surface area contributed by atoms with Gasteiger partial charge in [0.25, 0.3) is 11.8 Å². The highest BCUT2D eigenvalue weighted by atomic mass is 16.2. The Kier molecular flexibility index (Phi) is 5.56. The molecule has 0 heterocycles. The highest BCUT2D eigenvalue weighted by molar-refractivity contribution is 5.99. The van der Waals surface area contributed by atoms with Crippen LogP contribution in [0.15, 0.2) is 42.5 Å². The third kappa shape index (κ3) is 4.04. The maximum absolute atomic E-state index is 12.7. The van der Waals surface area contributed by atoms with Crippen LogP contribution in [-0.2, 0) is 6.42 Å². The summed E-state index contributed by atoms with van der Waals surface area (Å²) in [5.74, 6) is -0.315. The van der Waals surface area contributed by atoms with Crippen molar-refractivity contribution in [2.75, 3.05) is 12.3 Å². The SMILES string of the molecule is CCCNC(=O)c1cccc(C(=O)NC2CCCc3cc(N)ccc32)c1. The average Bonchev–Trinajstić information content (AvgIpc) is 2.66. The van der Waals surface area contributed by atoms with Crippen molar-refractivity contribution >= 4 is 17.5 Å². The van der Waals surface area contributed by atoms with E-state index in [2.05, 4.69) is 10.6 Å². The fraction of sp³-hybridized carbons (Fsp3) is 0.333.